The SMILES string of the molecule is COC(=O)c1cc(N)cc(Cl)c1OCC1CCCCO1. The second kappa shape index (κ2) is 6.81. The summed E-state index contributed by atoms with van der Waals surface area (Å²) in [5, 5.41) is 0.293. The van der Waals surface area contributed by atoms with Crippen molar-refractivity contribution in [3.63, 3.8) is 0 Å². The summed E-state index contributed by atoms with van der Waals surface area (Å²) in [6, 6.07) is 3.04. The Bertz CT molecular complexity index is 486. The van der Waals surface area contributed by atoms with E-state index in [1.54, 1.807) is 6.07 Å². The molecule has 1 aromatic rings. The second-order valence-electron chi connectivity index (χ2n) is 4.67. The summed E-state index contributed by atoms with van der Waals surface area (Å²) in [4.78, 5) is 11.7. The van der Waals surface area contributed by atoms with Crippen molar-refractivity contribution in [1.82, 2.24) is 0 Å². The molecule has 1 fully saturated rings. The predicted octanol–water partition coefficient (Wildman–Crippen LogP) is 2.66. The van der Waals surface area contributed by atoms with E-state index in [0.29, 0.717) is 23.1 Å². The zero-order valence-corrected chi connectivity index (χ0v) is 12.1. The molecule has 0 spiro atoms. The first-order valence-corrected chi connectivity index (χ1v) is 6.91. The van der Waals surface area contributed by atoms with E-state index in [1.165, 1.54) is 13.2 Å². The quantitative estimate of drug-likeness (QED) is 0.683. The summed E-state index contributed by atoms with van der Waals surface area (Å²) in [7, 11) is 1.30. The van der Waals surface area contributed by atoms with Crippen LogP contribution in [-0.2, 0) is 9.47 Å². The molecule has 0 amide bonds. The van der Waals surface area contributed by atoms with Crippen LogP contribution in [0.25, 0.3) is 0 Å². The molecule has 2 N–H and O–H groups in total. The highest BCUT2D eigenvalue weighted by Crippen LogP contribution is 2.32. The standard InChI is InChI=1S/C14H18ClNO4/c1-18-14(17)11-6-9(16)7-12(15)13(11)20-8-10-4-2-3-5-19-10/h6-7,10H,2-5,8,16H2,1H3. The molecular formula is C14H18ClNO4. The first-order chi connectivity index (χ1) is 9.61. The van der Waals surface area contributed by atoms with Gasteiger partial charge in [0.1, 0.15) is 12.2 Å². The lowest BCUT2D eigenvalue weighted by Crippen LogP contribution is -2.26. The van der Waals surface area contributed by atoms with Gasteiger partial charge in [-0.25, -0.2) is 4.79 Å². The summed E-state index contributed by atoms with van der Waals surface area (Å²) in [5.41, 5.74) is 6.30. The fourth-order valence-electron chi connectivity index (χ4n) is 2.14. The molecule has 1 aliphatic heterocycles. The molecular weight excluding hydrogens is 282 g/mol. The van der Waals surface area contributed by atoms with Crippen molar-refractivity contribution in [3.05, 3.63) is 22.7 Å². The lowest BCUT2D eigenvalue weighted by atomic mass is 10.1. The van der Waals surface area contributed by atoms with Crippen LogP contribution < -0.4 is 10.5 Å². The molecule has 5 nitrogen and oxygen atoms in total. The number of esters is 1. The van der Waals surface area contributed by atoms with E-state index in [2.05, 4.69) is 0 Å². The fourth-order valence-corrected chi connectivity index (χ4v) is 2.42. The molecule has 1 heterocycles. The summed E-state index contributed by atoms with van der Waals surface area (Å²) in [6.45, 7) is 1.10. The Labute approximate surface area is 122 Å². The van der Waals surface area contributed by atoms with Gasteiger partial charge in [-0.15, -0.1) is 0 Å². The Hall–Kier alpha value is -1.46. The Morgan fingerprint density at radius 2 is 2.30 bits per heavy atom. The predicted molar refractivity (Wildman–Crippen MR) is 76.3 cm³/mol. The molecule has 0 saturated carbocycles. The minimum Gasteiger partial charge on any atom is -0.488 e. The van der Waals surface area contributed by atoms with Gasteiger partial charge in [-0.05, 0) is 31.4 Å². The summed E-state index contributed by atoms with van der Waals surface area (Å²) >= 11 is 6.10. The first-order valence-electron chi connectivity index (χ1n) is 6.53. The minimum atomic E-state index is -0.529. The monoisotopic (exact) mass is 299 g/mol. The van der Waals surface area contributed by atoms with E-state index in [0.717, 1.165) is 25.9 Å². The molecule has 0 aliphatic carbocycles. The van der Waals surface area contributed by atoms with Crippen molar-refractivity contribution in [2.45, 2.75) is 25.4 Å². The second-order valence-corrected chi connectivity index (χ2v) is 5.08. The van der Waals surface area contributed by atoms with Gasteiger partial charge < -0.3 is 19.9 Å². The number of hydrogen-bond donors (Lipinski definition) is 1. The number of benzene rings is 1. The van der Waals surface area contributed by atoms with Crippen LogP contribution in [0.1, 0.15) is 29.6 Å². The average Bonchev–Trinajstić information content (AvgIpc) is 2.46. The number of nitrogens with two attached hydrogens (primary N) is 1. The smallest absolute Gasteiger partial charge is 0.341 e. The van der Waals surface area contributed by atoms with Gasteiger partial charge >= 0.3 is 5.97 Å². The molecule has 6 heteroatoms. The summed E-state index contributed by atoms with van der Waals surface area (Å²) in [5.74, 6) is -0.236. The molecule has 1 aromatic carbocycles. The number of halogens is 1. The van der Waals surface area contributed by atoms with Crippen molar-refractivity contribution in [2.75, 3.05) is 26.1 Å². The van der Waals surface area contributed by atoms with Crippen LogP contribution in [0.3, 0.4) is 0 Å². The largest absolute Gasteiger partial charge is 0.488 e. The molecule has 110 valence electrons. The van der Waals surface area contributed by atoms with Crippen LogP contribution in [0.15, 0.2) is 12.1 Å². The van der Waals surface area contributed by atoms with Crippen LogP contribution in [0.5, 0.6) is 5.75 Å². The zero-order valence-electron chi connectivity index (χ0n) is 11.4. The van der Waals surface area contributed by atoms with Crippen LogP contribution in [-0.4, -0.2) is 32.4 Å². The van der Waals surface area contributed by atoms with Crippen LogP contribution >= 0.6 is 11.6 Å². The molecule has 1 aliphatic rings. The average molecular weight is 300 g/mol. The van der Waals surface area contributed by atoms with Gasteiger partial charge in [0.25, 0.3) is 0 Å². The van der Waals surface area contributed by atoms with Crippen molar-refractivity contribution < 1.29 is 19.0 Å². The van der Waals surface area contributed by atoms with Gasteiger partial charge in [-0.2, -0.15) is 0 Å². The van der Waals surface area contributed by atoms with E-state index in [1.807, 2.05) is 0 Å². The molecule has 0 aromatic heterocycles. The van der Waals surface area contributed by atoms with Gasteiger partial charge in [-0.3, -0.25) is 0 Å². The van der Waals surface area contributed by atoms with Crippen LogP contribution in [0, 0.1) is 0 Å². The van der Waals surface area contributed by atoms with Gasteiger partial charge in [0.05, 0.1) is 18.2 Å². The van der Waals surface area contributed by atoms with Crippen molar-refractivity contribution in [2.24, 2.45) is 0 Å². The lowest BCUT2D eigenvalue weighted by molar-refractivity contribution is -0.0113. The fraction of sp³-hybridized carbons (Fsp3) is 0.500. The normalized spacial score (nSPS) is 18.6. The Morgan fingerprint density at radius 1 is 1.50 bits per heavy atom. The van der Waals surface area contributed by atoms with Crippen LogP contribution in [0.2, 0.25) is 5.02 Å². The topological polar surface area (TPSA) is 70.8 Å². The van der Waals surface area contributed by atoms with E-state index in [4.69, 9.17) is 31.5 Å². The van der Waals surface area contributed by atoms with Crippen molar-refractivity contribution in [3.8, 4) is 5.75 Å². The molecule has 1 unspecified atom stereocenters. The highest BCUT2D eigenvalue weighted by atomic mass is 35.5. The van der Waals surface area contributed by atoms with Gasteiger partial charge in [0, 0.05) is 12.3 Å². The number of anilines is 1. The molecule has 2 rings (SSSR count). The van der Waals surface area contributed by atoms with Gasteiger partial charge in [-0.1, -0.05) is 11.6 Å². The Morgan fingerprint density at radius 3 is 2.95 bits per heavy atom. The maximum absolute atomic E-state index is 11.7. The summed E-state index contributed by atoms with van der Waals surface area (Å²) < 4.78 is 16.0. The van der Waals surface area contributed by atoms with E-state index in [9.17, 15) is 4.79 Å². The minimum absolute atomic E-state index is 0.0304. The Kier molecular flexibility index (Phi) is 5.09. The lowest BCUT2D eigenvalue weighted by Gasteiger charge is -2.23. The number of carbonyl (C=O) groups is 1. The maximum Gasteiger partial charge on any atom is 0.341 e. The summed E-state index contributed by atoms with van der Waals surface area (Å²) in [6.07, 6.45) is 3.17. The third-order valence-corrected chi connectivity index (χ3v) is 3.44. The van der Waals surface area contributed by atoms with Crippen molar-refractivity contribution in [1.29, 1.82) is 0 Å². The molecule has 0 bridgehead atoms. The molecule has 1 atom stereocenters. The number of hydrogen-bond acceptors (Lipinski definition) is 5. The Balaban J connectivity index is 2.14. The third-order valence-electron chi connectivity index (χ3n) is 3.16. The maximum atomic E-state index is 11.7. The highest BCUT2D eigenvalue weighted by Gasteiger charge is 2.20. The highest BCUT2D eigenvalue weighted by molar-refractivity contribution is 6.33. The third kappa shape index (κ3) is 3.55. The number of ether oxygens (including phenoxy) is 3. The van der Waals surface area contributed by atoms with E-state index in [-0.39, 0.29) is 11.7 Å². The number of methoxy groups -OCH3 is 1. The number of carbonyl (C=O) groups excluding carboxylic acids is 1. The van der Waals surface area contributed by atoms with E-state index >= 15 is 0 Å². The molecule has 20 heavy (non-hydrogen) atoms. The number of nitrogen functional groups attached to an aromatic ring is 1. The van der Waals surface area contributed by atoms with Crippen molar-refractivity contribution >= 4 is 23.3 Å². The number of rotatable bonds is 4. The van der Waals surface area contributed by atoms with Gasteiger partial charge in [0.2, 0.25) is 0 Å². The van der Waals surface area contributed by atoms with Crippen LogP contribution in [0.4, 0.5) is 5.69 Å². The van der Waals surface area contributed by atoms with E-state index < -0.39 is 5.97 Å². The molecule has 0 radical (unpaired) electrons. The molecule has 1 saturated heterocycles. The van der Waals surface area contributed by atoms with Gasteiger partial charge in [0.15, 0.2) is 5.75 Å². The zero-order chi connectivity index (χ0) is 14.5. The first kappa shape index (κ1) is 14.9.